The summed E-state index contributed by atoms with van der Waals surface area (Å²) < 4.78 is 23.5. The van der Waals surface area contributed by atoms with Crippen LogP contribution in [0.15, 0.2) is 30.6 Å². The highest BCUT2D eigenvalue weighted by molar-refractivity contribution is 7.90. The first-order chi connectivity index (χ1) is 10.6. The van der Waals surface area contributed by atoms with Crippen LogP contribution in [-0.2, 0) is 21.3 Å². The molecule has 0 spiro atoms. The van der Waals surface area contributed by atoms with Gasteiger partial charge in [-0.25, -0.2) is 8.42 Å². The lowest BCUT2D eigenvalue weighted by molar-refractivity contribution is 0.505. The maximum absolute atomic E-state index is 11.7. The number of fused-ring (bicyclic) bond motifs is 1. The van der Waals surface area contributed by atoms with Crippen molar-refractivity contribution in [3.05, 3.63) is 47.3 Å². The van der Waals surface area contributed by atoms with E-state index in [1.165, 1.54) is 5.56 Å². The van der Waals surface area contributed by atoms with Gasteiger partial charge in [0.05, 0.1) is 23.4 Å². The summed E-state index contributed by atoms with van der Waals surface area (Å²) in [6.45, 7) is 2.03. The number of nitrogens with one attached hydrogen (secondary N) is 1. The van der Waals surface area contributed by atoms with Crippen LogP contribution >= 0.6 is 0 Å². The van der Waals surface area contributed by atoms with Crippen molar-refractivity contribution in [2.75, 3.05) is 18.0 Å². The van der Waals surface area contributed by atoms with E-state index in [-0.39, 0.29) is 11.5 Å². The van der Waals surface area contributed by atoms with Gasteiger partial charge >= 0.3 is 0 Å². The van der Waals surface area contributed by atoms with Crippen molar-refractivity contribution >= 4 is 15.5 Å². The Bertz CT molecular complexity index is 776. The molecule has 1 fully saturated rings. The number of hydrogen-bond acceptors (Lipinski definition) is 4. The van der Waals surface area contributed by atoms with Gasteiger partial charge in [-0.1, -0.05) is 18.2 Å². The highest BCUT2D eigenvalue weighted by Crippen LogP contribution is 2.33. The SMILES string of the molecule is O=S1(=O)Cc2ccc(C3CCN(c4cn[nH]c4)CC3)cc2C1. The van der Waals surface area contributed by atoms with Gasteiger partial charge in [-0.3, -0.25) is 5.10 Å². The van der Waals surface area contributed by atoms with Gasteiger partial charge in [0.2, 0.25) is 0 Å². The molecule has 5 nitrogen and oxygen atoms in total. The van der Waals surface area contributed by atoms with Crippen molar-refractivity contribution in [1.82, 2.24) is 10.2 Å². The zero-order chi connectivity index (χ0) is 15.2. The van der Waals surface area contributed by atoms with Gasteiger partial charge in [-0.2, -0.15) is 5.10 Å². The molecular formula is C16H19N3O2S. The van der Waals surface area contributed by atoms with Crippen molar-refractivity contribution < 1.29 is 8.42 Å². The molecule has 0 saturated carbocycles. The maximum Gasteiger partial charge on any atom is 0.158 e. The molecule has 2 aliphatic rings. The fraction of sp³-hybridized carbons (Fsp3) is 0.438. The normalized spacial score (nSPS) is 21.0. The van der Waals surface area contributed by atoms with E-state index in [9.17, 15) is 8.42 Å². The number of H-pyrrole nitrogens is 1. The number of aromatic nitrogens is 2. The van der Waals surface area contributed by atoms with Crippen LogP contribution in [0.3, 0.4) is 0 Å². The molecule has 0 bridgehead atoms. The topological polar surface area (TPSA) is 66.1 Å². The van der Waals surface area contributed by atoms with Crippen molar-refractivity contribution in [3.63, 3.8) is 0 Å². The Balaban J connectivity index is 1.49. The van der Waals surface area contributed by atoms with E-state index in [4.69, 9.17) is 0 Å². The number of hydrogen-bond donors (Lipinski definition) is 1. The third-order valence-corrected chi connectivity index (χ3v) is 6.30. The Hall–Kier alpha value is -1.82. The predicted molar refractivity (Wildman–Crippen MR) is 85.5 cm³/mol. The van der Waals surface area contributed by atoms with Crippen LogP contribution in [0.2, 0.25) is 0 Å². The van der Waals surface area contributed by atoms with Crippen LogP contribution in [0, 0.1) is 0 Å². The third kappa shape index (κ3) is 2.52. The standard InChI is InChI=1S/C16H19N3O2S/c20-22(21)10-14-2-1-13(7-15(14)11-22)12-3-5-19(6-4-12)16-8-17-18-9-16/h1-2,7-9,12H,3-6,10-11H2,(H,17,18). The minimum atomic E-state index is -2.91. The molecule has 0 atom stereocenters. The van der Waals surface area contributed by atoms with E-state index in [2.05, 4.69) is 27.2 Å². The zero-order valence-electron chi connectivity index (χ0n) is 12.3. The lowest BCUT2D eigenvalue weighted by Crippen LogP contribution is -2.32. The summed E-state index contributed by atoms with van der Waals surface area (Å²) >= 11 is 0. The predicted octanol–water partition coefficient (Wildman–Crippen LogP) is 2.22. The number of rotatable bonds is 2. The lowest BCUT2D eigenvalue weighted by Gasteiger charge is -2.33. The molecule has 22 heavy (non-hydrogen) atoms. The minimum absolute atomic E-state index is 0.210. The molecule has 0 unspecified atom stereocenters. The summed E-state index contributed by atoms with van der Waals surface area (Å²) in [6.07, 6.45) is 5.98. The van der Waals surface area contributed by atoms with E-state index in [1.807, 2.05) is 18.5 Å². The number of nitrogens with zero attached hydrogens (tertiary/aromatic N) is 2. The van der Waals surface area contributed by atoms with E-state index in [0.29, 0.717) is 5.92 Å². The largest absolute Gasteiger partial charge is 0.369 e. The first kappa shape index (κ1) is 13.8. The van der Waals surface area contributed by atoms with Crippen LogP contribution in [0.25, 0.3) is 0 Å². The summed E-state index contributed by atoms with van der Waals surface area (Å²) in [6, 6.07) is 6.26. The number of benzene rings is 1. The fourth-order valence-corrected chi connectivity index (χ4v) is 5.19. The maximum atomic E-state index is 11.7. The molecule has 6 heteroatoms. The average Bonchev–Trinajstić information content (AvgIpc) is 3.12. The second-order valence-corrected chi connectivity index (χ2v) is 8.34. The quantitative estimate of drug-likeness (QED) is 0.922. The summed E-state index contributed by atoms with van der Waals surface area (Å²) in [4.78, 5) is 2.35. The Labute approximate surface area is 130 Å². The van der Waals surface area contributed by atoms with Crippen molar-refractivity contribution in [2.45, 2.75) is 30.3 Å². The van der Waals surface area contributed by atoms with E-state index < -0.39 is 9.84 Å². The number of aromatic amines is 1. The van der Waals surface area contributed by atoms with Crippen molar-refractivity contribution in [2.24, 2.45) is 0 Å². The summed E-state index contributed by atoms with van der Waals surface area (Å²) in [5.74, 6) is 0.947. The van der Waals surface area contributed by atoms with Crippen LogP contribution in [0.1, 0.15) is 35.4 Å². The second kappa shape index (κ2) is 5.12. The molecule has 1 aromatic carbocycles. The van der Waals surface area contributed by atoms with Gasteiger partial charge in [-0.05, 0) is 35.4 Å². The first-order valence-corrected chi connectivity index (χ1v) is 9.49. The van der Waals surface area contributed by atoms with Gasteiger partial charge in [0, 0.05) is 19.3 Å². The molecule has 1 N–H and O–H groups in total. The Morgan fingerprint density at radius 1 is 1.14 bits per heavy atom. The molecule has 4 rings (SSSR count). The molecule has 2 aliphatic heterocycles. The van der Waals surface area contributed by atoms with Crippen LogP contribution in [0.4, 0.5) is 5.69 Å². The molecule has 0 amide bonds. The van der Waals surface area contributed by atoms with Crippen LogP contribution in [0.5, 0.6) is 0 Å². The summed E-state index contributed by atoms with van der Waals surface area (Å²) in [5, 5.41) is 6.86. The first-order valence-electron chi connectivity index (χ1n) is 7.66. The smallest absolute Gasteiger partial charge is 0.158 e. The Morgan fingerprint density at radius 2 is 1.91 bits per heavy atom. The van der Waals surface area contributed by atoms with Crippen LogP contribution in [-0.4, -0.2) is 31.7 Å². The lowest BCUT2D eigenvalue weighted by atomic mass is 9.88. The van der Waals surface area contributed by atoms with Gasteiger partial charge in [0.25, 0.3) is 0 Å². The molecule has 1 aromatic heterocycles. The van der Waals surface area contributed by atoms with E-state index in [1.54, 1.807) is 0 Å². The number of sulfone groups is 1. The van der Waals surface area contributed by atoms with Gasteiger partial charge in [0.15, 0.2) is 9.84 Å². The zero-order valence-corrected chi connectivity index (χ0v) is 13.1. The molecule has 1 saturated heterocycles. The number of anilines is 1. The van der Waals surface area contributed by atoms with Crippen molar-refractivity contribution in [3.8, 4) is 0 Å². The van der Waals surface area contributed by atoms with Crippen LogP contribution < -0.4 is 4.90 Å². The van der Waals surface area contributed by atoms with E-state index >= 15 is 0 Å². The molecule has 116 valence electrons. The monoisotopic (exact) mass is 317 g/mol. The molecule has 0 radical (unpaired) electrons. The highest BCUT2D eigenvalue weighted by atomic mass is 32.2. The molecule has 0 aliphatic carbocycles. The minimum Gasteiger partial charge on any atom is -0.369 e. The van der Waals surface area contributed by atoms with Gasteiger partial charge < -0.3 is 4.90 Å². The molecule has 3 heterocycles. The average molecular weight is 317 g/mol. The van der Waals surface area contributed by atoms with Gasteiger partial charge in [0.1, 0.15) is 0 Å². The number of piperidine rings is 1. The van der Waals surface area contributed by atoms with Crippen molar-refractivity contribution in [1.29, 1.82) is 0 Å². The molecule has 2 aromatic rings. The Kier molecular flexibility index (Phi) is 3.22. The summed E-state index contributed by atoms with van der Waals surface area (Å²) in [5.41, 5.74) is 4.44. The van der Waals surface area contributed by atoms with E-state index in [0.717, 1.165) is 42.7 Å². The summed E-state index contributed by atoms with van der Waals surface area (Å²) in [7, 11) is -2.91. The third-order valence-electron chi connectivity index (χ3n) is 4.80. The second-order valence-electron chi connectivity index (χ2n) is 6.28. The van der Waals surface area contributed by atoms with Gasteiger partial charge in [-0.15, -0.1) is 0 Å². The highest BCUT2D eigenvalue weighted by Gasteiger charge is 2.27. The Morgan fingerprint density at radius 3 is 2.64 bits per heavy atom. The molecular weight excluding hydrogens is 298 g/mol. The fourth-order valence-electron chi connectivity index (χ4n) is 3.59.